The van der Waals surface area contributed by atoms with Crippen LogP contribution in [0.25, 0.3) is 0 Å². The lowest BCUT2D eigenvalue weighted by atomic mass is 10.5. The number of ketones is 1. The zero-order valence-electron chi connectivity index (χ0n) is 8.91. The first-order chi connectivity index (χ1) is 6.57. The van der Waals surface area contributed by atoms with Gasteiger partial charge in [0.2, 0.25) is 5.91 Å². The van der Waals surface area contributed by atoms with Crippen LogP contribution in [0, 0.1) is 0 Å². The lowest BCUT2D eigenvalue weighted by molar-refractivity contribution is -0.136. The maximum Gasteiger partial charge on any atom is 0.248 e. The summed E-state index contributed by atoms with van der Waals surface area (Å²) >= 11 is 0. The summed E-state index contributed by atoms with van der Waals surface area (Å²) in [5.41, 5.74) is 0. The molecule has 0 N–H and O–H groups in total. The highest BCUT2D eigenvalue weighted by molar-refractivity contribution is 5.79. The summed E-state index contributed by atoms with van der Waals surface area (Å²) in [6, 6.07) is 0. The highest BCUT2D eigenvalue weighted by atomic mass is 16.5. The zero-order chi connectivity index (χ0) is 11.0. The predicted octanol–water partition coefficient (Wildman–Crippen LogP) is -0.303. The molecule has 0 aromatic rings. The SMILES string of the molecule is COCCN(C)C(=O)COCC(C)=O. The summed E-state index contributed by atoms with van der Waals surface area (Å²) in [5.74, 6) is -0.236. The van der Waals surface area contributed by atoms with Gasteiger partial charge in [-0.2, -0.15) is 0 Å². The van der Waals surface area contributed by atoms with Gasteiger partial charge in [-0.25, -0.2) is 0 Å². The topological polar surface area (TPSA) is 55.8 Å². The summed E-state index contributed by atoms with van der Waals surface area (Å²) in [5, 5.41) is 0. The van der Waals surface area contributed by atoms with Gasteiger partial charge in [0.15, 0.2) is 5.78 Å². The monoisotopic (exact) mass is 203 g/mol. The second kappa shape index (κ2) is 7.46. The van der Waals surface area contributed by atoms with Crippen molar-refractivity contribution >= 4 is 11.7 Å². The molecule has 82 valence electrons. The third-order valence-corrected chi connectivity index (χ3v) is 1.59. The second-order valence-corrected chi connectivity index (χ2v) is 3.00. The first kappa shape index (κ1) is 13.1. The van der Waals surface area contributed by atoms with Crippen LogP contribution in [0.3, 0.4) is 0 Å². The van der Waals surface area contributed by atoms with Gasteiger partial charge in [0.05, 0.1) is 6.61 Å². The maximum atomic E-state index is 11.3. The average molecular weight is 203 g/mol. The van der Waals surface area contributed by atoms with Crippen molar-refractivity contribution in [2.45, 2.75) is 6.92 Å². The molecule has 0 aromatic carbocycles. The van der Waals surface area contributed by atoms with Gasteiger partial charge < -0.3 is 14.4 Å². The quantitative estimate of drug-likeness (QED) is 0.570. The fourth-order valence-corrected chi connectivity index (χ4v) is 0.745. The number of carbonyl (C=O) groups is 2. The molecule has 0 bridgehead atoms. The van der Waals surface area contributed by atoms with E-state index in [1.807, 2.05) is 0 Å². The van der Waals surface area contributed by atoms with Crippen LogP contribution >= 0.6 is 0 Å². The molecule has 5 heteroatoms. The Morgan fingerprint density at radius 2 is 1.93 bits per heavy atom. The van der Waals surface area contributed by atoms with E-state index in [1.54, 1.807) is 14.2 Å². The third kappa shape index (κ3) is 6.56. The first-order valence-corrected chi connectivity index (χ1v) is 4.38. The van der Waals surface area contributed by atoms with Crippen molar-refractivity contribution < 1.29 is 19.1 Å². The van der Waals surface area contributed by atoms with Gasteiger partial charge in [0.1, 0.15) is 13.2 Å². The van der Waals surface area contributed by atoms with E-state index in [4.69, 9.17) is 9.47 Å². The third-order valence-electron chi connectivity index (χ3n) is 1.59. The van der Waals surface area contributed by atoms with E-state index in [0.29, 0.717) is 13.2 Å². The number of likely N-dealkylation sites (N-methyl/N-ethyl adjacent to an activating group) is 1. The number of hydrogen-bond acceptors (Lipinski definition) is 4. The van der Waals surface area contributed by atoms with Crippen molar-refractivity contribution in [1.29, 1.82) is 0 Å². The number of hydrogen-bond donors (Lipinski definition) is 0. The highest BCUT2D eigenvalue weighted by Gasteiger charge is 2.08. The molecule has 0 aliphatic heterocycles. The van der Waals surface area contributed by atoms with E-state index < -0.39 is 0 Å². The van der Waals surface area contributed by atoms with Crippen LogP contribution in [-0.2, 0) is 19.1 Å². The maximum absolute atomic E-state index is 11.3. The Bertz CT molecular complexity index is 193. The smallest absolute Gasteiger partial charge is 0.248 e. The van der Waals surface area contributed by atoms with Crippen LogP contribution in [-0.4, -0.2) is 57.1 Å². The van der Waals surface area contributed by atoms with E-state index >= 15 is 0 Å². The van der Waals surface area contributed by atoms with Crippen LogP contribution in [0.2, 0.25) is 0 Å². The standard InChI is InChI=1S/C9H17NO4/c1-8(11)6-14-7-9(12)10(2)4-5-13-3/h4-7H2,1-3H3. The lowest BCUT2D eigenvalue weighted by Gasteiger charge is -2.16. The number of amides is 1. The molecule has 0 unspecified atom stereocenters. The minimum absolute atomic E-state index is 0.0101. The van der Waals surface area contributed by atoms with Crippen LogP contribution in [0.1, 0.15) is 6.92 Å². The molecule has 0 atom stereocenters. The minimum Gasteiger partial charge on any atom is -0.383 e. The van der Waals surface area contributed by atoms with Crippen molar-refractivity contribution in [2.24, 2.45) is 0 Å². The lowest BCUT2D eigenvalue weighted by Crippen LogP contribution is -2.33. The number of nitrogens with zero attached hydrogens (tertiary/aromatic N) is 1. The summed E-state index contributed by atoms with van der Waals surface area (Å²) in [6.07, 6.45) is 0. The van der Waals surface area contributed by atoms with Crippen molar-refractivity contribution in [3.63, 3.8) is 0 Å². The number of methoxy groups -OCH3 is 1. The Morgan fingerprint density at radius 1 is 1.29 bits per heavy atom. The normalized spacial score (nSPS) is 9.93. The minimum atomic E-state index is -0.150. The van der Waals surface area contributed by atoms with Crippen molar-refractivity contribution in [1.82, 2.24) is 4.90 Å². The molecule has 0 rings (SSSR count). The number of ether oxygens (including phenoxy) is 2. The Morgan fingerprint density at radius 3 is 2.43 bits per heavy atom. The largest absolute Gasteiger partial charge is 0.383 e. The number of Topliss-reactive ketones (excluding diaryl/α,β-unsaturated/α-hetero) is 1. The molecule has 0 saturated carbocycles. The zero-order valence-corrected chi connectivity index (χ0v) is 8.91. The fraction of sp³-hybridized carbons (Fsp3) is 0.778. The van der Waals surface area contributed by atoms with Crippen LogP contribution < -0.4 is 0 Å². The van der Waals surface area contributed by atoms with Crippen molar-refractivity contribution in [3.8, 4) is 0 Å². The van der Waals surface area contributed by atoms with Gasteiger partial charge in [-0.15, -0.1) is 0 Å². The Labute approximate surface area is 84.0 Å². The summed E-state index contributed by atoms with van der Waals surface area (Å²) in [4.78, 5) is 23.3. The average Bonchev–Trinajstić information content (AvgIpc) is 2.13. The van der Waals surface area contributed by atoms with Gasteiger partial charge in [-0.3, -0.25) is 9.59 Å². The molecule has 0 aliphatic rings. The first-order valence-electron chi connectivity index (χ1n) is 4.38. The van der Waals surface area contributed by atoms with Gasteiger partial charge in [-0.1, -0.05) is 0 Å². The highest BCUT2D eigenvalue weighted by Crippen LogP contribution is 1.87. The van der Waals surface area contributed by atoms with E-state index in [9.17, 15) is 9.59 Å². The molecule has 1 amide bonds. The fourth-order valence-electron chi connectivity index (χ4n) is 0.745. The van der Waals surface area contributed by atoms with Gasteiger partial charge >= 0.3 is 0 Å². The molecule has 14 heavy (non-hydrogen) atoms. The summed E-state index contributed by atoms with van der Waals surface area (Å²) in [6.45, 7) is 2.37. The van der Waals surface area contributed by atoms with Crippen LogP contribution in [0.15, 0.2) is 0 Å². The number of carbonyl (C=O) groups excluding carboxylic acids is 2. The predicted molar refractivity (Wildman–Crippen MR) is 51.0 cm³/mol. The number of rotatable bonds is 7. The molecule has 0 radical (unpaired) electrons. The molecule has 0 saturated heterocycles. The molecule has 0 aliphatic carbocycles. The molecule has 0 heterocycles. The van der Waals surface area contributed by atoms with E-state index in [2.05, 4.69) is 0 Å². The van der Waals surface area contributed by atoms with Gasteiger partial charge in [0.25, 0.3) is 0 Å². The molecular weight excluding hydrogens is 186 g/mol. The molecule has 0 aromatic heterocycles. The molecule has 0 fully saturated rings. The van der Waals surface area contributed by atoms with Gasteiger partial charge in [0, 0.05) is 20.7 Å². The summed E-state index contributed by atoms with van der Waals surface area (Å²) < 4.78 is 9.69. The van der Waals surface area contributed by atoms with Crippen LogP contribution in [0.4, 0.5) is 0 Å². The van der Waals surface area contributed by atoms with Crippen molar-refractivity contribution in [3.05, 3.63) is 0 Å². The van der Waals surface area contributed by atoms with Crippen molar-refractivity contribution in [2.75, 3.05) is 40.5 Å². The van der Waals surface area contributed by atoms with E-state index in [-0.39, 0.29) is 24.9 Å². The Hall–Kier alpha value is -0.940. The molecule has 5 nitrogen and oxygen atoms in total. The van der Waals surface area contributed by atoms with E-state index in [0.717, 1.165) is 0 Å². The molecule has 0 spiro atoms. The summed E-state index contributed by atoms with van der Waals surface area (Å²) in [7, 11) is 3.24. The second-order valence-electron chi connectivity index (χ2n) is 3.00. The Kier molecular flexibility index (Phi) is 6.96. The Balaban J connectivity index is 3.56. The van der Waals surface area contributed by atoms with Gasteiger partial charge in [-0.05, 0) is 6.92 Å². The van der Waals surface area contributed by atoms with Crippen LogP contribution in [0.5, 0.6) is 0 Å². The molecular formula is C9H17NO4. The van der Waals surface area contributed by atoms with E-state index in [1.165, 1.54) is 11.8 Å².